The monoisotopic (exact) mass is 933 g/mol. The summed E-state index contributed by atoms with van der Waals surface area (Å²) in [5.74, 6) is -2.67. The van der Waals surface area contributed by atoms with Crippen molar-refractivity contribution in [2.45, 2.75) is 138 Å². The molecule has 4 rings (SSSR count). The summed E-state index contributed by atoms with van der Waals surface area (Å²) in [6, 6.07) is 19.5. The first kappa shape index (κ1) is 51.9. The van der Waals surface area contributed by atoms with Gasteiger partial charge in [-0.25, -0.2) is 13.2 Å². The summed E-state index contributed by atoms with van der Waals surface area (Å²) in [7, 11) is -9.16. The fraction of sp³-hybridized carbons (Fsp3) is 0.417. The van der Waals surface area contributed by atoms with E-state index in [2.05, 4.69) is 33.3 Å². The number of ether oxygens (including phenoxy) is 1. The van der Waals surface area contributed by atoms with Crippen molar-refractivity contribution in [2.75, 3.05) is 22.8 Å². The third-order valence-corrected chi connectivity index (χ3v) is 13.4. The first-order chi connectivity index (χ1) is 31.1. The first-order valence-corrected chi connectivity index (χ1v) is 25.3. The number of aromatic carboxylic acids is 1. The number of benzene rings is 4. The number of hydrazone groups is 2. The number of nitrogens with zero attached hydrogens (tertiary/aromatic N) is 2. The summed E-state index contributed by atoms with van der Waals surface area (Å²) in [5, 5.41) is 31.5. The highest BCUT2D eigenvalue weighted by Gasteiger charge is 2.26. The standard InChI is InChI=1S/C48H63N5O10S2/c1-4-6-7-8-9-10-11-12-13-14-15-16-17-18-22-25-41(52-51-38-27-31-44(63-5-2)46(33-38)65(60,61)62)35(3)50-53-42-29-26-37(49-47(55)36-23-20-19-21-24-36)32-45(42)64(58,59)39-28-30-43(54)40(34-39)48(56)57/h19-21,23-24,26-34,51,53-54H,4-18,22,25H2,1-3H3,(H,49,55)(H,56,57)(H,60,61,62)/b50-35-,52-41-. The minimum atomic E-state index is -4.64. The van der Waals surface area contributed by atoms with Crippen LogP contribution in [0.2, 0.25) is 0 Å². The van der Waals surface area contributed by atoms with Crippen molar-refractivity contribution in [2.24, 2.45) is 10.2 Å². The summed E-state index contributed by atoms with van der Waals surface area (Å²) in [4.78, 5) is 23.7. The molecule has 4 aromatic carbocycles. The Balaban J connectivity index is 1.56. The van der Waals surface area contributed by atoms with Crippen LogP contribution in [0.25, 0.3) is 0 Å². The normalized spacial score (nSPS) is 12.2. The number of nitrogens with one attached hydrogen (secondary N) is 3. The van der Waals surface area contributed by atoms with Crippen LogP contribution in [0.4, 0.5) is 17.1 Å². The predicted molar refractivity (Wildman–Crippen MR) is 256 cm³/mol. The molecule has 0 aromatic heterocycles. The molecule has 0 saturated carbocycles. The number of aromatic hydroxyl groups is 1. The summed E-state index contributed by atoms with van der Waals surface area (Å²) in [6.45, 7) is 5.76. The zero-order chi connectivity index (χ0) is 47.2. The Morgan fingerprint density at radius 1 is 0.662 bits per heavy atom. The second-order valence-electron chi connectivity index (χ2n) is 15.8. The van der Waals surface area contributed by atoms with Crippen molar-refractivity contribution in [1.29, 1.82) is 0 Å². The van der Waals surface area contributed by atoms with Gasteiger partial charge >= 0.3 is 5.97 Å². The maximum atomic E-state index is 14.2. The third kappa shape index (κ3) is 16.6. The van der Waals surface area contributed by atoms with Gasteiger partial charge in [0.1, 0.15) is 22.0 Å². The van der Waals surface area contributed by atoms with Gasteiger partial charge in [0.05, 0.1) is 39.2 Å². The molecule has 0 unspecified atom stereocenters. The van der Waals surface area contributed by atoms with E-state index in [1.54, 1.807) is 50.2 Å². The van der Waals surface area contributed by atoms with Crippen LogP contribution in [0, 0.1) is 0 Å². The van der Waals surface area contributed by atoms with Crippen LogP contribution in [-0.4, -0.2) is 61.5 Å². The van der Waals surface area contributed by atoms with Crippen molar-refractivity contribution < 1.29 is 45.9 Å². The Bertz CT molecular complexity index is 2480. The molecule has 0 atom stereocenters. The lowest BCUT2D eigenvalue weighted by Gasteiger charge is -2.15. The van der Waals surface area contributed by atoms with E-state index in [0.29, 0.717) is 23.4 Å². The molecule has 0 heterocycles. The number of unbranched alkanes of at least 4 members (excludes halogenated alkanes) is 14. The highest BCUT2D eigenvalue weighted by molar-refractivity contribution is 7.91. The lowest BCUT2D eigenvalue weighted by molar-refractivity contribution is 0.0693. The van der Waals surface area contributed by atoms with Gasteiger partial charge in [-0.2, -0.15) is 18.6 Å². The topological polar surface area (TPSA) is 233 Å². The Kier molecular flexibility index (Phi) is 20.9. The zero-order valence-corrected chi connectivity index (χ0v) is 39.1. The van der Waals surface area contributed by atoms with E-state index in [1.165, 1.54) is 101 Å². The van der Waals surface area contributed by atoms with Gasteiger partial charge in [-0.3, -0.25) is 20.2 Å². The number of phenols is 1. The van der Waals surface area contributed by atoms with Crippen molar-refractivity contribution in [3.05, 3.63) is 96.1 Å². The second kappa shape index (κ2) is 26.2. The second-order valence-corrected chi connectivity index (χ2v) is 19.1. The summed E-state index contributed by atoms with van der Waals surface area (Å²) >= 11 is 0. The largest absolute Gasteiger partial charge is 0.507 e. The molecule has 0 bridgehead atoms. The van der Waals surface area contributed by atoms with Gasteiger partial charge in [-0.1, -0.05) is 115 Å². The number of anilines is 3. The average Bonchev–Trinajstić information content (AvgIpc) is 3.28. The maximum absolute atomic E-state index is 14.2. The van der Waals surface area contributed by atoms with Crippen molar-refractivity contribution in [3.8, 4) is 11.5 Å². The molecule has 0 aliphatic carbocycles. The Morgan fingerprint density at radius 3 is 1.83 bits per heavy atom. The molecule has 4 aromatic rings. The molecule has 0 fully saturated rings. The van der Waals surface area contributed by atoms with E-state index in [4.69, 9.17) is 4.74 Å². The van der Waals surface area contributed by atoms with E-state index < -0.39 is 52.9 Å². The van der Waals surface area contributed by atoms with Crippen LogP contribution < -0.4 is 20.9 Å². The minimum Gasteiger partial charge on any atom is -0.507 e. The van der Waals surface area contributed by atoms with Gasteiger partial charge in [0.2, 0.25) is 9.84 Å². The number of hydrogen-bond acceptors (Lipinski definition) is 12. The number of carboxylic acids is 1. The van der Waals surface area contributed by atoms with E-state index in [1.807, 2.05) is 0 Å². The van der Waals surface area contributed by atoms with Crippen molar-refractivity contribution in [1.82, 2.24) is 0 Å². The van der Waals surface area contributed by atoms with E-state index in [-0.39, 0.29) is 34.3 Å². The van der Waals surface area contributed by atoms with Crippen LogP contribution in [-0.2, 0) is 20.0 Å². The lowest BCUT2D eigenvalue weighted by Crippen LogP contribution is -2.16. The molecule has 6 N–H and O–H groups in total. The van der Waals surface area contributed by atoms with Gasteiger partial charge in [-0.05, 0) is 93.4 Å². The van der Waals surface area contributed by atoms with Crippen molar-refractivity contribution in [3.63, 3.8) is 0 Å². The molecule has 65 heavy (non-hydrogen) atoms. The summed E-state index contributed by atoms with van der Waals surface area (Å²) in [5.41, 5.74) is 6.58. The SMILES string of the molecule is CCCCCCCCCCCCCCCCCC(=N/Nc1ccc(OCC)c(S(=O)(=O)O)c1)/C(C)=N\Nc1ccc(NC(=O)c2ccccc2)cc1S(=O)(=O)c1ccc(O)c(C(=O)O)c1. The maximum Gasteiger partial charge on any atom is 0.339 e. The smallest absolute Gasteiger partial charge is 0.339 e. The molecule has 0 aliphatic rings. The predicted octanol–water partition coefficient (Wildman–Crippen LogP) is 11.3. The van der Waals surface area contributed by atoms with Crippen LogP contribution in [0.15, 0.2) is 110 Å². The zero-order valence-electron chi connectivity index (χ0n) is 37.5. The molecule has 0 aliphatic heterocycles. The van der Waals surface area contributed by atoms with Crippen molar-refractivity contribution >= 4 is 60.3 Å². The molecule has 352 valence electrons. The minimum absolute atomic E-state index is 0.0180. The first-order valence-electron chi connectivity index (χ1n) is 22.3. The third-order valence-electron chi connectivity index (χ3n) is 10.7. The number of carbonyl (C=O) groups excluding carboxylic acids is 1. The molecule has 17 heteroatoms. The number of hydrogen-bond donors (Lipinski definition) is 6. The van der Waals surface area contributed by atoms with Crippen LogP contribution in [0.3, 0.4) is 0 Å². The highest BCUT2D eigenvalue weighted by atomic mass is 32.2. The molecule has 0 radical (unpaired) electrons. The Labute approximate surface area is 383 Å². The van der Waals surface area contributed by atoms with E-state index in [9.17, 15) is 41.2 Å². The Hall–Kier alpha value is -5.78. The number of amides is 1. The molecular weight excluding hydrogens is 871 g/mol. The number of carbonyl (C=O) groups is 2. The van der Waals surface area contributed by atoms with Gasteiger partial charge < -0.3 is 20.3 Å². The molecular formula is C48H63N5O10S2. The summed E-state index contributed by atoms with van der Waals surface area (Å²) < 4.78 is 68.1. The van der Waals surface area contributed by atoms with Crippen LogP contribution in [0.5, 0.6) is 11.5 Å². The average molecular weight is 934 g/mol. The molecule has 0 saturated heterocycles. The number of rotatable bonds is 29. The van der Waals surface area contributed by atoms with E-state index >= 15 is 0 Å². The van der Waals surface area contributed by atoms with Gasteiger partial charge in [-0.15, -0.1) is 0 Å². The Morgan fingerprint density at radius 2 is 1.25 bits per heavy atom. The van der Waals surface area contributed by atoms with Gasteiger partial charge in [0.15, 0.2) is 0 Å². The van der Waals surface area contributed by atoms with Gasteiger partial charge in [0, 0.05) is 11.3 Å². The fourth-order valence-corrected chi connectivity index (χ4v) is 9.18. The fourth-order valence-electron chi connectivity index (χ4n) is 7.06. The molecule has 0 spiro atoms. The number of sulfone groups is 1. The molecule has 1 amide bonds. The quantitative estimate of drug-likeness (QED) is 0.0129. The van der Waals surface area contributed by atoms with E-state index in [0.717, 1.165) is 43.9 Å². The lowest BCUT2D eigenvalue weighted by atomic mass is 10.0. The van der Waals surface area contributed by atoms with Crippen LogP contribution in [0.1, 0.15) is 144 Å². The summed E-state index contributed by atoms with van der Waals surface area (Å²) in [6.07, 6.45) is 18.4. The number of carboxylic acid groups (broad SMARTS) is 1. The van der Waals surface area contributed by atoms with Crippen LogP contribution >= 0.6 is 0 Å². The molecule has 15 nitrogen and oxygen atoms in total. The highest BCUT2D eigenvalue weighted by Crippen LogP contribution is 2.33. The van der Waals surface area contributed by atoms with Gasteiger partial charge in [0.25, 0.3) is 16.0 Å².